The van der Waals surface area contributed by atoms with Gasteiger partial charge in [0.15, 0.2) is 0 Å². The molecule has 15 heavy (non-hydrogen) atoms. The van der Waals surface area contributed by atoms with E-state index in [4.69, 9.17) is 0 Å². The van der Waals surface area contributed by atoms with Crippen molar-refractivity contribution in [2.24, 2.45) is 0 Å². The van der Waals surface area contributed by atoms with Gasteiger partial charge < -0.3 is 5.32 Å². The van der Waals surface area contributed by atoms with E-state index in [0.717, 1.165) is 24.1 Å². The summed E-state index contributed by atoms with van der Waals surface area (Å²) in [5.74, 6) is 0.0653. The molecule has 1 aromatic rings. The van der Waals surface area contributed by atoms with Crippen LogP contribution in [0.1, 0.15) is 49.7 Å². The molecule has 0 spiro atoms. The van der Waals surface area contributed by atoms with Gasteiger partial charge in [-0.2, -0.15) is 0 Å². The number of thiophene rings is 1. The summed E-state index contributed by atoms with van der Waals surface area (Å²) in [6.45, 7) is 6.38. The maximum Gasteiger partial charge on any atom is 0.261 e. The first-order chi connectivity index (χ1) is 7.17. The molecule has 0 aliphatic carbocycles. The number of carbonyl (C=O) groups is 1. The van der Waals surface area contributed by atoms with Crippen LogP contribution in [0.15, 0.2) is 17.5 Å². The molecule has 1 aromatic heterocycles. The molecule has 0 saturated heterocycles. The fraction of sp³-hybridized carbons (Fsp3) is 0.583. The molecule has 1 N–H and O–H groups in total. The van der Waals surface area contributed by atoms with E-state index in [1.165, 1.54) is 11.3 Å². The zero-order valence-electron chi connectivity index (χ0n) is 9.67. The van der Waals surface area contributed by atoms with E-state index in [0.29, 0.717) is 0 Å². The van der Waals surface area contributed by atoms with Crippen molar-refractivity contribution in [1.29, 1.82) is 0 Å². The second-order valence-corrected chi connectivity index (χ2v) is 4.72. The summed E-state index contributed by atoms with van der Waals surface area (Å²) in [6.07, 6.45) is 2.95. The van der Waals surface area contributed by atoms with E-state index < -0.39 is 0 Å². The van der Waals surface area contributed by atoms with Crippen molar-refractivity contribution < 1.29 is 4.79 Å². The first-order valence-corrected chi connectivity index (χ1v) is 6.41. The Kier molecular flexibility index (Phi) is 4.33. The lowest BCUT2D eigenvalue weighted by atomic mass is 9.90. The van der Waals surface area contributed by atoms with Crippen LogP contribution in [0.2, 0.25) is 0 Å². The third-order valence-corrected chi connectivity index (χ3v) is 4.02. The second-order valence-electron chi connectivity index (χ2n) is 3.77. The molecule has 84 valence electrons. The average Bonchev–Trinajstić information content (AvgIpc) is 2.79. The van der Waals surface area contributed by atoms with E-state index >= 15 is 0 Å². The fourth-order valence-electron chi connectivity index (χ4n) is 1.73. The number of hydrogen-bond acceptors (Lipinski definition) is 2. The van der Waals surface area contributed by atoms with Crippen molar-refractivity contribution in [3.8, 4) is 0 Å². The highest BCUT2D eigenvalue weighted by molar-refractivity contribution is 7.12. The Bertz CT molecular complexity index is 293. The van der Waals surface area contributed by atoms with Crippen LogP contribution < -0.4 is 5.32 Å². The standard InChI is InChI=1S/C12H19NOS/c1-4-12(5-2,6-3)13-11(14)10-8-7-9-15-10/h7-9H,4-6H2,1-3H3,(H,13,14). The molecule has 0 bridgehead atoms. The average molecular weight is 225 g/mol. The molecular weight excluding hydrogens is 206 g/mol. The molecule has 3 heteroatoms. The Morgan fingerprint density at radius 3 is 2.33 bits per heavy atom. The highest BCUT2D eigenvalue weighted by Crippen LogP contribution is 2.20. The van der Waals surface area contributed by atoms with Crippen LogP contribution in [0.4, 0.5) is 0 Å². The predicted molar refractivity (Wildman–Crippen MR) is 65.4 cm³/mol. The van der Waals surface area contributed by atoms with Crippen LogP contribution >= 0.6 is 11.3 Å². The van der Waals surface area contributed by atoms with Crippen LogP contribution in [0, 0.1) is 0 Å². The molecule has 0 atom stereocenters. The van der Waals surface area contributed by atoms with Crippen molar-refractivity contribution in [3.63, 3.8) is 0 Å². The van der Waals surface area contributed by atoms with Crippen LogP contribution in [-0.2, 0) is 0 Å². The zero-order valence-corrected chi connectivity index (χ0v) is 10.5. The largest absolute Gasteiger partial charge is 0.346 e. The highest BCUT2D eigenvalue weighted by Gasteiger charge is 2.26. The third-order valence-electron chi connectivity index (χ3n) is 3.15. The molecule has 0 radical (unpaired) electrons. The number of carbonyl (C=O) groups excluding carboxylic acids is 1. The summed E-state index contributed by atoms with van der Waals surface area (Å²) in [4.78, 5) is 12.7. The maximum atomic E-state index is 11.9. The SMILES string of the molecule is CCC(CC)(CC)NC(=O)c1cccs1. The lowest BCUT2D eigenvalue weighted by molar-refractivity contribution is 0.0892. The molecular formula is C12H19NOS. The van der Waals surface area contributed by atoms with Crippen molar-refractivity contribution in [2.75, 3.05) is 0 Å². The second kappa shape index (κ2) is 5.31. The van der Waals surface area contributed by atoms with Gasteiger partial charge in [-0.25, -0.2) is 0 Å². The smallest absolute Gasteiger partial charge is 0.261 e. The van der Waals surface area contributed by atoms with Gasteiger partial charge in [-0.15, -0.1) is 11.3 Å². The lowest BCUT2D eigenvalue weighted by Gasteiger charge is -2.31. The van der Waals surface area contributed by atoms with E-state index in [1.807, 2.05) is 17.5 Å². The lowest BCUT2D eigenvalue weighted by Crippen LogP contribution is -2.46. The van der Waals surface area contributed by atoms with Crippen LogP contribution in [-0.4, -0.2) is 11.4 Å². The molecule has 0 aromatic carbocycles. The van der Waals surface area contributed by atoms with E-state index in [9.17, 15) is 4.79 Å². The summed E-state index contributed by atoms with van der Waals surface area (Å²) in [7, 11) is 0. The normalized spacial score (nSPS) is 11.4. The van der Waals surface area contributed by atoms with Gasteiger partial charge in [0.25, 0.3) is 5.91 Å². The Balaban J connectivity index is 2.71. The minimum atomic E-state index is -0.0267. The van der Waals surface area contributed by atoms with Crippen LogP contribution in [0.25, 0.3) is 0 Å². The number of amides is 1. The Hall–Kier alpha value is -0.830. The van der Waals surface area contributed by atoms with Gasteiger partial charge in [-0.3, -0.25) is 4.79 Å². The number of nitrogens with one attached hydrogen (secondary N) is 1. The fourth-order valence-corrected chi connectivity index (χ4v) is 2.34. The minimum absolute atomic E-state index is 0.0267. The predicted octanol–water partition coefficient (Wildman–Crippen LogP) is 3.45. The van der Waals surface area contributed by atoms with Gasteiger partial charge >= 0.3 is 0 Å². The number of rotatable bonds is 5. The summed E-state index contributed by atoms with van der Waals surface area (Å²) in [5.41, 5.74) is -0.0267. The van der Waals surface area contributed by atoms with Crippen molar-refractivity contribution in [2.45, 2.75) is 45.6 Å². The van der Waals surface area contributed by atoms with Gasteiger partial charge in [-0.1, -0.05) is 26.8 Å². The number of hydrogen-bond donors (Lipinski definition) is 1. The molecule has 0 aliphatic heterocycles. The van der Waals surface area contributed by atoms with Gasteiger partial charge in [0.05, 0.1) is 4.88 Å². The molecule has 0 fully saturated rings. The molecule has 0 saturated carbocycles. The van der Waals surface area contributed by atoms with Crippen molar-refractivity contribution >= 4 is 17.2 Å². The van der Waals surface area contributed by atoms with Crippen molar-refractivity contribution in [3.05, 3.63) is 22.4 Å². The van der Waals surface area contributed by atoms with Crippen LogP contribution in [0.5, 0.6) is 0 Å². The van der Waals surface area contributed by atoms with Gasteiger partial charge in [0.2, 0.25) is 0 Å². The van der Waals surface area contributed by atoms with E-state index in [2.05, 4.69) is 26.1 Å². The Labute approximate surface area is 95.7 Å². The summed E-state index contributed by atoms with van der Waals surface area (Å²) >= 11 is 1.49. The van der Waals surface area contributed by atoms with Crippen LogP contribution in [0.3, 0.4) is 0 Å². The highest BCUT2D eigenvalue weighted by atomic mass is 32.1. The zero-order chi connectivity index (χ0) is 11.3. The summed E-state index contributed by atoms with van der Waals surface area (Å²) in [5, 5.41) is 5.08. The van der Waals surface area contributed by atoms with Gasteiger partial charge in [0.1, 0.15) is 0 Å². The van der Waals surface area contributed by atoms with Gasteiger partial charge in [0, 0.05) is 5.54 Å². The first-order valence-electron chi connectivity index (χ1n) is 5.53. The third kappa shape index (κ3) is 2.81. The quantitative estimate of drug-likeness (QED) is 0.817. The minimum Gasteiger partial charge on any atom is -0.346 e. The molecule has 1 rings (SSSR count). The first kappa shape index (κ1) is 12.2. The maximum absolute atomic E-state index is 11.9. The molecule has 1 amide bonds. The summed E-state index contributed by atoms with van der Waals surface area (Å²) in [6, 6.07) is 3.77. The monoisotopic (exact) mass is 225 g/mol. The molecule has 0 unspecified atom stereocenters. The van der Waals surface area contributed by atoms with Gasteiger partial charge in [-0.05, 0) is 30.7 Å². The molecule has 0 aliphatic rings. The Morgan fingerprint density at radius 2 is 1.93 bits per heavy atom. The molecule has 1 heterocycles. The topological polar surface area (TPSA) is 29.1 Å². The summed E-state index contributed by atoms with van der Waals surface area (Å²) < 4.78 is 0. The van der Waals surface area contributed by atoms with Crippen molar-refractivity contribution in [1.82, 2.24) is 5.32 Å². The van der Waals surface area contributed by atoms with E-state index in [1.54, 1.807) is 0 Å². The molecule has 2 nitrogen and oxygen atoms in total. The van der Waals surface area contributed by atoms with E-state index in [-0.39, 0.29) is 11.4 Å². The Morgan fingerprint density at radius 1 is 1.33 bits per heavy atom.